The number of nitrogens with zero attached hydrogens (tertiary/aromatic N) is 2. The summed E-state index contributed by atoms with van der Waals surface area (Å²) < 4.78 is 4.89. The van der Waals surface area contributed by atoms with Crippen molar-refractivity contribution in [1.29, 1.82) is 0 Å². The average Bonchev–Trinajstić information content (AvgIpc) is 2.79. The van der Waals surface area contributed by atoms with Gasteiger partial charge >= 0.3 is 5.97 Å². The minimum absolute atomic E-state index is 0.0331. The van der Waals surface area contributed by atoms with Gasteiger partial charge in [0.05, 0.1) is 25.3 Å². The first-order valence-corrected chi connectivity index (χ1v) is 7.68. The van der Waals surface area contributed by atoms with Gasteiger partial charge < -0.3 is 15.0 Å². The van der Waals surface area contributed by atoms with Crippen LogP contribution in [-0.4, -0.2) is 43.1 Å². The molecular weight excluding hydrogens is 278 g/mol. The molecular formula is C13H19N3O3S. The summed E-state index contributed by atoms with van der Waals surface area (Å²) in [6.45, 7) is 4.10. The largest absolute Gasteiger partial charge is 0.466 e. The third-order valence-corrected chi connectivity index (χ3v) is 3.91. The Morgan fingerprint density at radius 3 is 3.25 bits per heavy atom. The molecule has 110 valence electrons. The zero-order valence-corrected chi connectivity index (χ0v) is 12.4. The molecule has 1 aromatic rings. The molecule has 1 amide bonds. The predicted octanol–water partition coefficient (Wildman–Crippen LogP) is 0.965. The Morgan fingerprint density at radius 2 is 2.45 bits per heavy atom. The molecule has 2 heterocycles. The minimum Gasteiger partial charge on any atom is -0.466 e. The van der Waals surface area contributed by atoms with Crippen LogP contribution in [0.15, 0.2) is 5.38 Å². The summed E-state index contributed by atoms with van der Waals surface area (Å²) in [7, 11) is 0. The summed E-state index contributed by atoms with van der Waals surface area (Å²) in [5.74, 6) is -0.165. The number of anilines is 1. The van der Waals surface area contributed by atoms with E-state index in [1.807, 2.05) is 10.3 Å². The number of hydrogen-bond acceptors (Lipinski definition) is 6. The highest BCUT2D eigenvalue weighted by atomic mass is 32.1. The van der Waals surface area contributed by atoms with Gasteiger partial charge in [-0.05, 0) is 13.3 Å². The van der Waals surface area contributed by atoms with Crippen LogP contribution in [0.5, 0.6) is 0 Å². The van der Waals surface area contributed by atoms with Crippen molar-refractivity contribution in [2.75, 3.05) is 31.1 Å². The molecule has 1 fully saturated rings. The lowest BCUT2D eigenvalue weighted by molar-refractivity contribution is -0.143. The molecule has 7 heteroatoms. The summed E-state index contributed by atoms with van der Waals surface area (Å²) in [6, 6.07) is 0. The number of esters is 1. The fourth-order valence-electron chi connectivity index (χ4n) is 1.99. The molecule has 0 unspecified atom stereocenters. The summed E-state index contributed by atoms with van der Waals surface area (Å²) in [5, 5.41) is 5.63. The molecule has 1 aromatic heterocycles. The molecule has 0 spiro atoms. The molecule has 0 atom stereocenters. The minimum atomic E-state index is -0.198. The van der Waals surface area contributed by atoms with E-state index < -0.39 is 0 Å². The fourth-order valence-corrected chi connectivity index (χ4v) is 2.88. The summed E-state index contributed by atoms with van der Waals surface area (Å²) in [6.07, 6.45) is 1.84. The van der Waals surface area contributed by atoms with Gasteiger partial charge in [-0.1, -0.05) is 0 Å². The molecule has 1 aliphatic heterocycles. The molecule has 0 radical (unpaired) electrons. The number of amides is 1. The maximum absolute atomic E-state index is 11.5. The van der Waals surface area contributed by atoms with Crippen molar-refractivity contribution in [2.24, 2.45) is 0 Å². The summed E-state index contributed by atoms with van der Waals surface area (Å²) in [4.78, 5) is 29.3. The van der Waals surface area contributed by atoms with E-state index in [1.54, 1.807) is 6.92 Å². The van der Waals surface area contributed by atoms with Crippen molar-refractivity contribution in [3.05, 3.63) is 11.1 Å². The van der Waals surface area contributed by atoms with Crippen LogP contribution in [0.3, 0.4) is 0 Å². The van der Waals surface area contributed by atoms with Crippen LogP contribution in [0.25, 0.3) is 0 Å². The lowest BCUT2D eigenvalue weighted by Gasteiger charge is -2.17. The normalized spacial score (nSPS) is 15.7. The highest BCUT2D eigenvalue weighted by Crippen LogP contribution is 2.22. The Bertz CT molecular complexity index is 475. The maximum Gasteiger partial charge on any atom is 0.306 e. The van der Waals surface area contributed by atoms with Crippen LogP contribution < -0.4 is 10.2 Å². The van der Waals surface area contributed by atoms with Crippen LogP contribution >= 0.6 is 11.3 Å². The summed E-state index contributed by atoms with van der Waals surface area (Å²) in [5.41, 5.74) is 0.878. The van der Waals surface area contributed by atoms with Crippen molar-refractivity contribution in [2.45, 2.75) is 26.2 Å². The number of aryl methyl sites for hydroxylation is 1. The Morgan fingerprint density at radius 1 is 1.60 bits per heavy atom. The smallest absolute Gasteiger partial charge is 0.306 e. The van der Waals surface area contributed by atoms with Gasteiger partial charge in [0.1, 0.15) is 0 Å². The van der Waals surface area contributed by atoms with Gasteiger partial charge in [-0.15, -0.1) is 11.3 Å². The molecule has 1 saturated heterocycles. The Hall–Kier alpha value is -1.63. The van der Waals surface area contributed by atoms with Gasteiger partial charge in [0.2, 0.25) is 5.91 Å². The first kappa shape index (κ1) is 14.8. The summed E-state index contributed by atoms with van der Waals surface area (Å²) >= 11 is 1.52. The lowest BCUT2D eigenvalue weighted by atomic mass is 10.2. The standard InChI is InChI=1S/C13H19N3O3S/c1-2-19-12(18)5-4-10-9-20-13(15-10)16-7-3-6-14-11(17)8-16/h9H,2-8H2,1H3,(H,14,17). The number of rotatable bonds is 5. The van der Waals surface area contributed by atoms with Crippen LogP contribution in [-0.2, 0) is 20.7 Å². The van der Waals surface area contributed by atoms with Crippen LogP contribution in [0.1, 0.15) is 25.5 Å². The quantitative estimate of drug-likeness (QED) is 0.820. The van der Waals surface area contributed by atoms with E-state index in [9.17, 15) is 9.59 Å². The number of nitrogens with one attached hydrogen (secondary N) is 1. The second-order valence-corrected chi connectivity index (χ2v) is 5.39. The Kier molecular flexibility index (Phi) is 5.34. The van der Waals surface area contributed by atoms with E-state index in [1.165, 1.54) is 11.3 Å². The topological polar surface area (TPSA) is 71.5 Å². The monoisotopic (exact) mass is 297 g/mol. The molecule has 1 N–H and O–H groups in total. The first-order valence-electron chi connectivity index (χ1n) is 6.80. The van der Waals surface area contributed by atoms with E-state index in [-0.39, 0.29) is 11.9 Å². The van der Waals surface area contributed by atoms with E-state index in [0.717, 1.165) is 30.3 Å². The van der Waals surface area contributed by atoms with Gasteiger partial charge in [0.25, 0.3) is 0 Å². The van der Waals surface area contributed by atoms with Crippen LogP contribution in [0.2, 0.25) is 0 Å². The Balaban J connectivity index is 1.90. The zero-order chi connectivity index (χ0) is 14.4. The molecule has 2 rings (SSSR count). The lowest BCUT2D eigenvalue weighted by Crippen LogP contribution is -2.32. The van der Waals surface area contributed by atoms with Gasteiger partial charge in [-0.3, -0.25) is 9.59 Å². The predicted molar refractivity (Wildman–Crippen MR) is 76.9 cm³/mol. The second kappa shape index (κ2) is 7.23. The SMILES string of the molecule is CCOC(=O)CCc1csc(N2CCCNC(=O)C2)n1. The first-order chi connectivity index (χ1) is 9.69. The number of carbonyl (C=O) groups excluding carboxylic acids is 2. The van der Waals surface area contributed by atoms with E-state index >= 15 is 0 Å². The van der Waals surface area contributed by atoms with Gasteiger partial charge in [-0.2, -0.15) is 0 Å². The van der Waals surface area contributed by atoms with Crippen LogP contribution in [0.4, 0.5) is 5.13 Å². The van der Waals surface area contributed by atoms with Crippen molar-refractivity contribution < 1.29 is 14.3 Å². The molecule has 0 bridgehead atoms. The molecule has 6 nitrogen and oxygen atoms in total. The zero-order valence-electron chi connectivity index (χ0n) is 11.6. The molecule has 0 aromatic carbocycles. The number of thiazole rings is 1. The highest BCUT2D eigenvalue weighted by molar-refractivity contribution is 7.13. The second-order valence-electron chi connectivity index (χ2n) is 4.55. The van der Waals surface area contributed by atoms with E-state index in [4.69, 9.17) is 4.74 Å². The number of carbonyl (C=O) groups is 2. The molecule has 1 aliphatic rings. The van der Waals surface area contributed by atoms with Crippen LogP contribution in [0, 0.1) is 0 Å². The van der Waals surface area contributed by atoms with Crippen molar-refractivity contribution in [1.82, 2.24) is 10.3 Å². The number of ether oxygens (including phenoxy) is 1. The fraction of sp³-hybridized carbons (Fsp3) is 0.615. The van der Waals surface area contributed by atoms with Crippen molar-refractivity contribution in [3.63, 3.8) is 0 Å². The molecule has 20 heavy (non-hydrogen) atoms. The molecule has 0 saturated carbocycles. The van der Waals surface area contributed by atoms with Crippen molar-refractivity contribution >= 4 is 28.3 Å². The van der Waals surface area contributed by atoms with Crippen molar-refractivity contribution in [3.8, 4) is 0 Å². The van der Waals surface area contributed by atoms with Gasteiger partial charge in [-0.25, -0.2) is 4.98 Å². The van der Waals surface area contributed by atoms with Gasteiger partial charge in [0, 0.05) is 24.9 Å². The number of aromatic nitrogens is 1. The average molecular weight is 297 g/mol. The number of hydrogen-bond donors (Lipinski definition) is 1. The maximum atomic E-state index is 11.5. The molecule has 0 aliphatic carbocycles. The highest BCUT2D eigenvalue weighted by Gasteiger charge is 2.17. The van der Waals surface area contributed by atoms with Gasteiger partial charge in [0.15, 0.2) is 5.13 Å². The van der Waals surface area contributed by atoms with E-state index in [2.05, 4.69) is 10.3 Å². The Labute approximate surface area is 122 Å². The third kappa shape index (κ3) is 4.19. The van der Waals surface area contributed by atoms with E-state index in [0.29, 0.717) is 26.0 Å². The third-order valence-electron chi connectivity index (χ3n) is 2.96.